The van der Waals surface area contributed by atoms with Crippen LogP contribution in [0.5, 0.6) is 0 Å². The van der Waals surface area contributed by atoms with E-state index in [1.165, 1.54) is 18.2 Å². The van der Waals surface area contributed by atoms with Gasteiger partial charge in [0.25, 0.3) is 0 Å². The number of alkyl halides is 3. The first-order chi connectivity index (χ1) is 13.9. The topological polar surface area (TPSA) is 78.3 Å². The first-order valence-corrected chi connectivity index (χ1v) is 11.3. The molecule has 0 bridgehead atoms. The van der Waals surface area contributed by atoms with E-state index in [1.54, 1.807) is 18.2 Å². The van der Waals surface area contributed by atoms with Gasteiger partial charge in [0, 0.05) is 11.1 Å². The van der Waals surface area contributed by atoms with Gasteiger partial charge in [-0.05, 0) is 29.8 Å². The van der Waals surface area contributed by atoms with Gasteiger partial charge in [0.05, 0.1) is 27.6 Å². The zero-order chi connectivity index (χ0) is 22.3. The fraction of sp³-hybridized carbons (Fsp3) is 0.222. The highest BCUT2D eigenvalue weighted by molar-refractivity contribution is 7.90. The second kappa shape index (κ2) is 8.05. The first-order valence-electron chi connectivity index (χ1n) is 8.23. The third-order valence-electron chi connectivity index (χ3n) is 4.06. The minimum atomic E-state index is -4.81. The van der Waals surface area contributed by atoms with Crippen LogP contribution in [0.15, 0.2) is 41.3 Å². The quantitative estimate of drug-likeness (QED) is 0.503. The van der Waals surface area contributed by atoms with Crippen LogP contribution in [-0.4, -0.2) is 37.5 Å². The number of sulfone groups is 1. The van der Waals surface area contributed by atoms with Crippen LogP contribution in [-0.2, 0) is 32.1 Å². The number of hydrogen-bond acceptors (Lipinski definition) is 6. The number of aromatic nitrogens is 2. The number of benzene rings is 1. The van der Waals surface area contributed by atoms with Crippen LogP contribution in [0, 0.1) is 0 Å². The lowest BCUT2D eigenvalue weighted by Gasteiger charge is -2.05. The maximum absolute atomic E-state index is 13.3. The summed E-state index contributed by atoms with van der Waals surface area (Å²) in [6.45, 7) is -0.557. The van der Waals surface area contributed by atoms with E-state index >= 15 is 0 Å². The fourth-order valence-corrected chi connectivity index (χ4v) is 4.78. The minimum absolute atomic E-state index is 0.0788. The van der Waals surface area contributed by atoms with Crippen molar-refractivity contribution in [2.45, 2.75) is 17.6 Å². The molecule has 0 aliphatic rings. The van der Waals surface area contributed by atoms with Gasteiger partial charge < -0.3 is 4.74 Å². The molecule has 3 aromatic rings. The molecule has 1 aromatic carbocycles. The van der Waals surface area contributed by atoms with Crippen molar-refractivity contribution in [1.82, 2.24) is 9.78 Å². The van der Waals surface area contributed by atoms with E-state index in [-0.39, 0.29) is 10.6 Å². The maximum atomic E-state index is 13.3. The Labute approximate surface area is 178 Å². The smallest absolute Gasteiger partial charge is 0.436 e. The predicted octanol–water partition coefficient (Wildman–Crippen LogP) is 4.53. The van der Waals surface area contributed by atoms with Gasteiger partial charge in [-0.3, -0.25) is 9.48 Å². The molecule has 2 heterocycles. The normalized spacial score (nSPS) is 12.2. The van der Waals surface area contributed by atoms with Crippen molar-refractivity contribution in [1.29, 1.82) is 0 Å². The molecule has 0 aliphatic heterocycles. The molecule has 160 valence electrons. The molecule has 0 saturated heterocycles. The molecule has 0 aliphatic carbocycles. The first kappa shape index (κ1) is 22.3. The van der Waals surface area contributed by atoms with E-state index in [9.17, 15) is 26.4 Å². The summed E-state index contributed by atoms with van der Waals surface area (Å²) in [5.74, 6) is -0.790. The Kier molecular flexibility index (Phi) is 5.99. The van der Waals surface area contributed by atoms with Gasteiger partial charge in [0.2, 0.25) is 0 Å². The van der Waals surface area contributed by atoms with E-state index in [0.29, 0.717) is 15.3 Å². The zero-order valence-corrected chi connectivity index (χ0v) is 17.9. The Hall–Kier alpha value is -2.37. The van der Waals surface area contributed by atoms with Crippen molar-refractivity contribution in [3.63, 3.8) is 0 Å². The molecule has 0 radical (unpaired) electrons. The Morgan fingerprint density at radius 2 is 1.90 bits per heavy atom. The summed E-state index contributed by atoms with van der Waals surface area (Å²) in [7, 11) is -2.32. The third kappa shape index (κ3) is 4.52. The molecule has 0 amide bonds. The fourth-order valence-electron chi connectivity index (χ4n) is 2.66. The summed E-state index contributed by atoms with van der Waals surface area (Å²) in [6.07, 6.45) is -3.73. The van der Waals surface area contributed by atoms with Crippen molar-refractivity contribution in [3.8, 4) is 21.0 Å². The molecule has 0 unspecified atom stereocenters. The molecule has 0 spiro atoms. The van der Waals surface area contributed by atoms with Crippen LogP contribution in [0.3, 0.4) is 0 Å². The molecule has 0 atom stereocenters. The molecule has 2 aromatic heterocycles. The molecule has 0 N–H and O–H groups in total. The highest BCUT2D eigenvalue weighted by Gasteiger charge is 2.39. The van der Waals surface area contributed by atoms with Crippen LogP contribution < -0.4 is 0 Å². The van der Waals surface area contributed by atoms with Gasteiger partial charge in [0.15, 0.2) is 15.5 Å². The summed E-state index contributed by atoms with van der Waals surface area (Å²) in [5.41, 5.74) is -0.817. The van der Waals surface area contributed by atoms with Crippen LogP contribution >= 0.6 is 22.9 Å². The van der Waals surface area contributed by atoms with Crippen molar-refractivity contribution in [3.05, 3.63) is 47.1 Å². The van der Waals surface area contributed by atoms with E-state index in [0.717, 1.165) is 29.4 Å². The van der Waals surface area contributed by atoms with Crippen molar-refractivity contribution < 1.29 is 31.1 Å². The summed E-state index contributed by atoms with van der Waals surface area (Å²) >= 11 is 7.07. The average Bonchev–Trinajstić information content (AvgIpc) is 3.25. The predicted molar refractivity (Wildman–Crippen MR) is 106 cm³/mol. The zero-order valence-electron chi connectivity index (χ0n) is 15.5. The van der Waals surface area contributed by atoms with Gasteiger partial charge in [-0.15, -0.1) is 11.3 Å². The molecular weight excluding hydrogens is 465 g/mol. The summed E-state index contributed by atoms with van der Waals surface area (Å²) < 4.78 is 68.8. The van der Waals surface area contributed by atoms with Gasteiger partial charge in [-0.1, -0.05) is 23.7 Å². The minimum Gasteiger partial charge on any atom is -0.468 e. The number of thiophene rings is 1. The number of methoxy groups -OCH3 is 1. The molecule has 0 saturated carbocycles. The summed E-state index contributed by atoms with van der Waals surface area (Å²) in [6, 6.07) is 9.33. The standard InChI is InChI=1S/C18H14ClF3N2O4S2/c1-28-14(25)9-24-16(15(19)17(23-24)18(20,21)22)13-7-6-12(29-13)10-4-3-5-11(8-10)30(2,26)27/h3-8H,9H2,1-2H3. The lowest BCUT2D eigenvalue weighted by molar-refractivity contribution is -0.144. The van der Waals surface area contributed by atoms with Gasteiger partial charge in [-0.2, -0.15) is 18.3 Å². The largest absolute Gasteiger partial charge is 0.468 e. The van der Waals surface area contributed by atoms with E-state index < -0.39 is 39.2 Å². The number of ether oxygens (including phenoxy) is 1. The maximum Gasteiger partial charge on any atom is 0.436 e. The van der Waals surface area contributed by atoms with E-state index in [1.807, 2.05) is 0 Å². The lowest BCUT2D eigenvalue weighted by atomic mass is 10.2. The Morgan fingerprint density at radius 3 is 2.50 bits per heavy atom. The Balaban J connectivity index is 2.11. The number of nitrogens with zero attached hydrogens (tertiary/aromatic N) is 2. The monoisotopic (exact) mass is 478 g/mol. The number of carbonyl (C=O) groups excluding carboxylic acids is 1. The Morgan fingerprint density at radius 1 is 1.23 bits per heavy atom. The average molecular weight is 479 g/mol. The van der Waals surface area contributed by atoms with Gasteiger partial charge in [-0.25, -0.2) is 8.42 Å². The van der Waals surface area contributed by atoms with Crippen molar-refractivity contribution >= 4 is 38.7 Å². The number of esters is 1. The molecule has 6 nitrogen and oxygen atoms in total. The Bertz CT molecular complexity index is 1220. The number of rotatable bonds is 5. The molecule has 30 heavy (non-hydrogen) atoms. The summed E-state index contributed by atoms with van der Waals surface area (Å²) in [4.78, 5) is 12.7. The SMILES string of the molecule is COC(=O)Cn1nc(C(F)(F)F)c(Cl)c1-c1ccc(-c2cccc(S(C)(=O)=O)c2)s1. The summed E-state index contributed by atoms with van der Waals surface area (Å²) in [5, 5.41) is 2.83. The second-order valence-corrected chi connectivity index (χ2v) is 9.68. The third-order valence-corrected chi connectivity index (χ3v) is 6.67. The van der Waals surface area contributed by atoms with Crippen LogP contribution in [0.4, 0.5) is 13.2 Å². The van der Waals surface area contributed by atoms with E-state index in [2.05, 4.69) is 9.84 Å². The number of carbonyl (C=O) groups is 1. The number of halogens is 4. The van der Waals surface area contributed by atoms with E-state index in [4.69, 9.17) is 11.6 Å². The molecule has 3 rings (SSSR count). The molecular formula is C18H14ClF3N2O4S2. The molecule has 0 fully saturated rings. The van der Waals surface area contributed by atoms with Gasteiger partial charge in [0.1, 0.15) is 6.54 Å². The highest BCUT2D eigenvalue weighted by Crippen LogP contribution is 2.43. The van der Waals surface area contributed by atoms with Crippen LogP contribution in [0.25, 0.3) is 21.0 Å². The lowest BCUT2D eigenvalue weighted by Crippen LogP contribution is -2.15. The van der Waals surface area contributed by atoms with Crippen LogP contribution in [0.1, 0.15) is 5.69 Å². The number of hydrogen-bond donors (Lipinski definition) is 0. The van der Waals surface area contributed by atoms with Crippen molar-refractivity contribution in [2.75, 3.05) is 13.4 Å². The molecule has 12 heteroatoms. The highest BCUT2D eigenvalue weighted by atomic mass is 35.5. The van der Waals surface area contributed by atoms with Crippen LogP contribution in [0.2, 0.25) is 5.02 Å². The second-order valence-electron chi connectivity index (χ2n) is 6.21. The van der Waals surface area contributed by atoms with Crippen molar-refractivity contribution in [2.24, 2.45) is 0 Å². The van der Waals surface area contributed by atoms with Gasteiger partial charge >= 0.3 is 12.1 Å².